The number of ketones is 2. The summed E-state index contributed by atoms with van der Waals surface area (Å²) in [7, 11) is 3.09. The number of rotatable bonds is 5. The number of ether oxygens (including phenoxy) is 2. The number of carboxylic acids is 1. The molecule has 0 saturated heterocycles. The number of allylic oxidation sites excluding steroid dienone is 4. The highest BCUT2D eigenvalue weighted by Gasteiger charge is 2.49. The fourth-order valence-corrected chi connectivity index (χ4v) is 6.43. The first-order chi connectivity index (χ1) is 16.3. The highest BCUT2D eigenvalue weighted by molar-refractivity contribution is 9.10. The zero-order valence-electron chi connectivity index (χ0n) is 21.1. The number of carbonyl (C=O) groups is 3. The van der Waals surface area contributed by atoms with Crippen LogP contribution in [0.25, 0.3) is 0 Å². The quantitative estimate of drug-likeness (QED) is 0.540. The molecule has 0 amide bonds. The van der Waals surface area contributed by atoms with E-state index in [1.54, 1.807) is 19.1 Å². The van der Waals surface area contributed by atoms with Crippen LogP contribution < -0.4 is 9.47 Å². The van der Waals surface area contributed by atoms with Gasteiger partial charge in [0.15, 0.2) is 23.1 Å². The predicted molar refractivity (Wildman–Crippen MR) is 134 cm³/mol. The lowest BCUT2D eigenvalue weighted by molar-refractivity contribution is -0.138. The van der Waals surface area contributed by atoms with Crippen molar-refractivity contribution in [1.82, 2.24) is 4.90 Å². The lowest BCUT2D eigenvalue weighted by atomic mass is 9.63. The molecule has 1 aliphatic heterocycles. The molecule has 0 radical (unpaired) electrons. The summed E-state index contributed by atoms with van der Waals surface area (Å²) in [6.07, 6.45) is 1.77. The first kappa shape index (κ1) is 25.5. The third-order valence-corrected chi connectivity index (χ3v) is 7.69. The largest absolute Gasteiger partial charge is 0.493 e. The summed E-state index contributed by atoms with van der Waals surface area (Å²) in [6, 6.07) is 3.69. The van der Waals surface area contributed by atoms with Crippen molar-refractivity contribution in [3.63, 3.8) is 0 Å². The van der Waals surface area contributed by atoms with Crippen molar-refractivity contribution >= 4 is 33.5 Å². The van der Waals surface area contributed by atoms with Crippen LogP contribution in [-0.2, 0) is 14.4 Å². The molecule has 0 bridgehead atoms. The zero-order valence-corrected chi connectivity index (χ0v) is 22.7. The minimum atomic E-state index is -0.998. The van der Waals surface area contributed by atoms with E-state index in [0.29, 0.717) is 64.2 Å². The number of methoxy groups -OCH3 is 2. The number of aliphatic carboxylic acids is 1. The molecule has 7 nitrogen and oxygen atoms in total. The minimum Gasteiger partial charge on any atom is -0.493 e. The van der Waals surface area contributed by atoms with Crippen LogP contribution in [-0.4, -0.2) is 48.3 Å². The first-order valence-electron chi connectivity index (χ1n) is 11.7. The van der Waals surface area contributed by atoms with Gasteiger partial charge in [-0.15, -0.1) is 0 Å². The van der Waals surface area contributed by atoms with Crippen LogP contribution in [0.4, 0.5) is 0 Å². The fraction of sp³-hybridized carbons (Fsp3) is 0.519. The van der Waals surface area contributed by atoms with Gasteiger partial charge in [-0.3, -0.25) is 14.4 Å². The Morgan fingerprint density at radius 3 is 1.91 bits per heavy atom. The highest BCUT2D eigenvalue weighted by Crippen LogP contribution is 2.55. The van der Waals surface area contributed by atoms with Gasteiger partial charge in [0.1, 0.15) is 6.54 Å². The van der Waals surface area contributed by atoms with Crippen molar-refractivity contribution in [3.05, 3.63) is 44.7 Å². The molecule has 1 aromatic carbocycles. The second-order valence-electron chi connectivity index (χ2n) is 11.3. The molecule has 0 spiro atoms. The fourth-order valence-electron chi connectivity index (χ4n) is 5.81. The molecule has 8 heteroatoms. The molecule has 3 aliphatic rings. The van der Waals surface area contributed by atoms with E-state index in [1.807, 2.05) is 39.8 Å². The van der Waals surface area contributed by atoms with Crippen LogP contribution in [0.5, 0.6) is 11.5 Å². The van der Waals surface area contributed by atoms with Crippen LogP contribution in [0, 0.1) is 10.8 Å². The highest BCUT2D eigenvalue weighted by atomic mass is 79.9. The van der Waals surface area contributed by atoms with E-state index in [1.165, 1.54) is 0 Å². The molecule has 2 aliphatic carbocycles. The van der Waals surface area contributed by atoms with Crippen molar-refractivity contribution in [1.29, 1.82) is 0 Å². The van der Waals surface area contributed by atoms with Gasteiger partial charge in [0.05, 0.1) is 18.7 Å². The van der Waals surface area contributed by atoms with Gasteiger partial charge in [0, 0.05) is 41.3 Å². The molecule has 1 N–H and O–H groups in total. The maximum Gasteiger partial charge on any atom is 0.323 e. The first-order valence-corrected chi connectivity index (χ1v) is 12.5. The molecule has 0 unspecified atom stereocenters. The van der Waals surface area contributed by atoms with Crippen molar-refractivity contribution in [2.45, 2.75) is 59.3 Å². The van der Waals surface area contributed by atoms with Crippen molar-refractivity contribution < 1.29 is 29.0 Å². The molecule has 0 saturated carbocycles. The number of hydrogen-bond acceptors (Lipinski definition) is 6. The smallest absolute Gasteiger partial charge is 0.323 e. The van der Waals surface area contributed by atoms with Gasteiger partial charge >= 0.3 is 5.97 Å². The molecule has 35 heavy (non-hydrogen) atoms. The van der Waals surface area contributed by atoms with Gasteiger partial charge < -0.3 is 19.5 Å². The topological polar surface area (TPSA) is 93.1 Å². The van der Waals surface area contributed by atoms with E-state index >= 15 is 0 Å². The number of halogens is 1. The maximum atomic E-state index is 13.7. The Morgan fingerprint density at radius 1 is 0.971 bits per heavy atom. The van der Waals surface area contributed by atoms with Crippen LogP contribution in [0.2, 0.25) is 0 Å². The van der Waals surface area contributed by atoms with E-state index in [2.05, 4.69) is 15.9 Å². The SMILES string of the molecule is COc1cc(C2C3=C(CC(C)(C)CC3=O)N(CC(=O)O)C3=C2C(=O)CC(C)(C)C3)cc(Br)c1OC. The summed E-state index contributed by atoms with van der Waals surface area (Å²) < 4.78 is 11.7. The third kappa shape index (κ3) is 4.53. The Hall–Kier alpha value is -2.61. The van der Waals surface area contributed by atoms with Crippen molar-refractivity contribution in [3.8, 4) is 11.5 Å². The van der Waals surface area contributed by atoms with Crippen molar-refractivity contribution in [2.24, 2.45) is 10.8 Å². The Morgan fingerprint density at radius 2 is 1.49 bits per heavy atom. The average Bonchev–Trinajstić information content (AvgIpc) is 2.72. The van der Waals surface area contributed by atoms with Crippen molar-refractivity contribution in [2.75, 3.05) is 20.8 Å². The number of benzene rings is 1. The number of hydrogen-bond donors (Lipinski definition) is 1. The summed E-state index contributed by atoms with van der Waals surface area (Å²) in [5.74, 6) is -0.675. The Labute approximate surface area is 214 Å². The molecule has 4 rings (SSSR count). The molecule has 1 heterocycles. The molecule has 188 valence electrons. The van der Waals surface area contributed by atoms with Gasteiger partial charge in [-0.05, 0) is 57.3 Å². The van der Waals surface area contributed by atoms with Crippen LogP contribution >= 0.6 is 15.9 Å². The number of carboxylic acid groups (broad SMARTS) is 1. The summed E-state index contributed by atoms with van der Waals surface area (Å²) in [5.41, 5.74) is 2.59. The number of carbonyl (C=O) groups excluding carboxylic acids is 2. The van der Waals surface area contributed by atoms with Gasteiger partial charge in [-0.1, -0.05) is 27.7 Å². The number of nitrogens with zero attached hydrogens (tertiary/aromatic N) is 1. The second kappa shape index (κ2) is 8.80. The van der Waals surface area contributed by atoms with Gasteiger partial charge in [-0.2, -0.15) is 0 Å². The van der Waals surface area contributed by atoms with E-state index < -0.39 is 11.9 Å². The molecular formula is C27H32BrNO6. The van der Waals surface area contributed by atoms with Crippen LogP contribution in [0.15, 0.2) is 39.1 Å². The molecule has 1 aromatic rings. The van der Waals surface area contributed by atoms with Crippen LogP contribution in [0.1, 0.15) is 64.9 Å². The summed E-state index contributed by atoms with van der Waals surface area (Å²) >= 11 is 3.56. The minimum absolute atomic E-state index is 0.0493. The average molecular weight is 546 g/mol. The number of Topliss-reactive ketones (excluding diaryl/α,β-unsaturated/α-hetero) is 2. The van der Waals surface area contributed by atoms with E-state index in [-0.39, 0.29) is 28.9 Å². The lowest BCUT2D eigenvalue weighted by Gasteiger charge is -2.48. The summed E-state index contributed by atoms with van der Waals surface area (Å²) in [6.45, 7) is 7.81. The standard InChI is InChI=1S/C27H32BrNO6/c1-26(2)9-16-23(18(30)11-26)22(14-7-15(28)25(35-6)20(8-14)34-5)24-17(29(16)13-21(32)33)10-27(3,4)12-19(24)31/h7-8,22H,9-13H2,1-6H3,(H,32,33). The Balaban J connectivity index is 2.04. The van der Waals surface area contributed by atoms with E-state index in [4.69, 9.17) is 9.47 Å². The van der Waals surface area contributed by atoms with Crippen LogP contribution in [0.3, 0.4) is 0 Å². The lowest BCUT2D eigenvalue weighted by Crippen LogP contribution is -2.45. The molecule has 0 fully saturated rings. The Kier molecular flexibility index (Phi) is 6.41. The van der Waals surface area contributed by atoms with Gasteiger partial charge in [0.25, 0.3) is 0 Å². The summed E-state index contributed by atoms with van der Waals surface area (Å²) in [5, 5.41) is 9.79. The van der Waals surface area contributed by atoms with E-state index in [9.17, 15) is 19.5 Å². The zero-order chi connectivity index (χ0) is 25.9. The summed E-state index contributed by atoms with van der Waals surface area (Å²) in [4.78, 5) is 41.1. The molecule has 0 atom stereocenters. The normalized spacial score (nSPS) is 21.6. The molecular weight excluding hydrogens is 514 g/mol. The third-order valence-electron chi connectivity index (χ3n) is 7.10. The molecule has 0 aromatic heterocycles. The maximum absolute atomic E-state index is 13.7. The van der Waals surface area contributed by atoms with E-state index in [0.717, 1.165) is 5.56 Å². The second-order valence-corrected chi connectivity index (χ2v) is 12.1. The monoisotopic (exact) mass is 545 g/mol. The Bertz CT molecular complexity index is 1140. The predicted octanol–water partition coefficient (Wildman–Crippen LogP) is 5.24. The van der Waals surface area contributed by atoms with Gasteiger partial charge in [-0.25, -0.2) is 0 Å². The van der Waals surface area contributed by atoms with Gasteiger partial charge in [0.2, 0.25) is 0 Å².